The molecule has 0 aromatic heterocycles. The Morgan fingerprint density at radius 2 is 1.49 bits per heavy atom. The predicted molar refractivity (Wildman–Crippen MR) is 219 cm³/mol. The predicted octanol–water partition coefficient (Wildman–Crippen LogP) is 7.16. The molecule has 0 bridgehead atoms. The Morgan fingerprint density at radius 1 is 0.797 bits per heavy atom. The van der Waals surface area contributed by atoms with Gasteiger partial charge in [-0.25, -0.2) is 4.39 Å². The van der Waals surface area contributed by atoms with Crippen LogP contribution in [0.4, 0.5) is 4.39 Å². The van der Waals surface area contributed by atoms with Gasteiger partial charge in [0.2, 0.25) is 0 Å². The molecule has 4 unspecified atom stereocenters. The lowest BCUT2D eigenvalue weighted by atomic mass is 9.66. The van der Waals surface area contributed by atoms with Gasteiger partial charge in [-0.1, -0.05) is 43.7 Å². The molecule has 0 amide bonds. The van der Waals surface area contributed by atoms with Crippen LogP contribution in [-0.2, 0) is 47.5 Å². The number of ether oxygens (including phenoxy) is 8. The lowest BCUT2D eigenvalue weighted by Crippen LogP contribution is -2.59. The number of hydrogen-bond donors (Lipinski definition) is 0. The van der Waals surface area contributed by atoms with Crippen molar-refractivity contribution in [2.45, 2.75) is 159 Å². The molecule has 0 spiro atoms. The number of ketones is 1. The fourth-order valence-corrected chi connectivity index (χ4v) is 11.4. The third kappa shape index (κ3) is 9.31. The summed E-state index contributed by atoms with van der Waals surface area (Å²) in [5.74, 6) is -1.41. The molecule has 3 aliphatic heterocycles. The molecular weight excluding hydrogens is 758 g/mol. The second kappa shape index (κ2) is 19.2. The minimum atomic E-state index is -0.685. The Hall–Kier alpha value is -2.55. The number of esters is 1. The van der Waals surface area contributed by atoms with Crippen molar-refractivity contribution in [1.29, 1.82) is 0 Å². The zero-order valence-electron chi connectivity index (χ0n) is 36.6. The van der Waals surface area contributed by atoms with E-state index in [2.05, 4.69) is 38.1 Å². The molecule has 7 rings (SSSR count). The van der Waals surface area contributed by atoms with E-state index in [1.54, 1.807) is 21.3 Å². The summed E-state index contributed by atoms with van der Waals surface area (Å²) in [4.78, 5) is 31.0. The van der Waals surface area contributed by atoms with Crippen LogP contribution in [0.3, 0.4) is 0 Å². The van der Waals surface area contributed by atoms with Crippen LogP contribution in [0.1, 0.15) is 97.0 Å². The number of fused-ring (bicyclic) bond motifs is 5. The number of allylic oxidation sites excluding steroid dienone is 4. The highest BCUT2D eigenvalue weighted by molar-refractivity contribution is 6.00. The minimum absolute atomic E-state index is 0.000210. The Labute approximate surface area is 350 Å². The van der Waals surface area contributed by atoms with Crippen LogP contribution >= 0.6 is 0 Å². The van der Waals surface area contributed by atoms with Crippen molar-refractivity contribution in [2.24, 2.45) is 29.6 Å². The zero-order chi connectivity index (χ0) is 42.1. The van der Waals surface area contributed by atoms with E-state index in [1.807, 2.05) is 32.9 Å². The number of nitrogens with zero attached hydrogens (tertiary/aromatic N) is 1. The lowest BCUT2D eigenvalue weighted by molar-refractivity contribution is -0.314. The summed E-state index contributed by atoms with van der Waals surface area (Å²) in [6.45, 7) is 8.08. The number of cyclic esters (lactones) is 1. The molecule has 11 nitrogen and oxygen atoms in total. The first-order valence-electron chi connectivity index (χ1n) is 22.1. The van der Waals surface area contributed by atoms with Gasteiger partial charge < -0.3 is 42.8 Å². The second-order valence-corrected chi connectivity index (χ2v) is 18.2. The van der Waals surface area contributed by atoms with Crippen LogP contribution in [-0.4, -0.2) is 120 Å². The topological polar surface area (TPSA) is 111 Å². The molecule has 1 aromatic carbocycles. The van der Waals surface area contributed by atoms with E-state index in [4.69, 9.17) is 37.9 Å². The third-order valence-corrected chi connectivity index (χ3v) is 14.6. The summed E-state index contributed by atoms with van der Waals surface area (Å²) in [5, 5.41) is 0. The van der Waals surface area contributed by atoms with Gasteiger partial charge in [0.15, 0.2) is 18.4 Å². The van der Waals surface area contributed by atoms with Crippen LogP contribution in [0.5, 0.6) is 0 Å². The fourth-order valence-electron chi connectivity index (χ4n) is 11.4. The molecular formula is C47H68FNO10. The number of likely N-dealkylation sites (N-methyl/N-ethyl adjacent to an activating group) is 1. The van der Waals surface area contributed by atoms with Crippen LogP contribution in [0.2, 0.25) is 0 Å². The van der Waals surface area contributed by atoms with Crippen molar-refractivity contribution in [2.75, 3.05) is 35.4 Å². The van der Waals surface area contributed by atoms with Crippen molar-refractivity contribution >= 4 is 11.8 Å². The number of rotatable bonds is 10. The molecule has 3 aliphatic carbocycles. The monoisotopic (exact) mass is 825 g/mol. The zero-order valence-corrected chi connectivity index (χ0v) is 36.6. The first-order valence-corrected chi connectivity index (χ1v) is 22.1. The quantitative estimate of drug-likeness (QED) is 0.177. The fraction of sp³-hybridized carbons (Fsp3) is 0.745. The molecule has 328 valence electrons. The maximum atomic E-state index is 15.0. The molecule has 6 aliphatic rings. The number of methoxy groups -OCH3 is 3. The number of carbonyl (C=O) groups excluding carboxylic acids is 2. The Morgan fingerprint density at radius 3 is 2.14 bits per heavy atom. The molecule has 3 heterocycles. The summed E-state index contributed by atoms with van der Waals surface area (Å²) < 4.78 is 64.5. The number of Topliss-reactive ketones (excluding diaryl/α,β-unsaturated/α-hetero) is 1. The summed E-state index contributed by atoms with van der Waals surface area (Å²) in [6, 6.07) is 7.04. The SMILES string of the molecule is CC[C@H]1CCC[C@H](O[C@H]2CC[C@H](N(C)C)C(C)O2)[C@@H](C)C(=O)C2=C[C@@H]3C(=CC(c4ccc(F)cc4)[C@@H]4C[C@@H](O[C@@H]5OC(C)[C@H](OC)C(OC)[C@@H]5OC)C[C@@H]34)[C@@H]2CC(=O)O1. The van der Waals surface area contributed by atoms with Gasteiger partial charge in [-0.3, -0.25) is 9.59 Å². The van der Waals surface area contributed by atoms with Crippen LogP contribution in [0, 0.1) is 35.4 Å². The van der Waals surface area contributed by atoms with Gasteiger partial charge in [0.25, 0.3) is 0 Å². The Balaban J connectivity index is 1.20. The van der Waals surface area contributed by atoms with Gasteiger partial charge in [-0.15, -0.1) is 0 Å². The smallest absolute Gasteiger partial charge is 0.307 e. The number of hydrogen-bond acceptors (Lipinski definition) is 11. The number of carbonyl (C=O) groups is 2. The van der Waals surface area contributed by atoms with Crippen LogP contribution in [0.15, 0.2) is 47.6 Å². The first-order chi connectivity index (χ1) is 28.3. The molecule has 12 heteroatoms. The molecule has 1 aromatic rings. The average molecular weight is 826 g/mol. The summed E-state index contributed by atoms with van der Waals surface area (Å²) in [6.07, 6.45) is 7.13. The molecule has 0 N–H and O–H groups in total. The van der Waals surface area contributed by atoms with Crippen molar-refractivity contribution < 1.29 is 51.9 Å². The van der Waals surface area contributed by atoms with Gasteiger partial charge in [0, 0.05) is 51.0 Å². The van der Waals surface area contributed by atoms with Gasteiger partial charge in [0.1, 0.15) is 30.2 Å². The third-order valence-electron chi connectivity index (χ3n) is 14.6. The van der Waals surface area contributed by atoms with Gasteiger partial charge in [0.05, 0.1) is 30.8 Å². The summed E-state index contributed by atoms with van der Waals surface area (Å²) in [5.41, 5.74) is 2.73. The second-order valence-electron chi connectivity index (χ2n) is 18.2. The van der Waals surface area contributed by atoms with Crippen molar-refractivity contribution in [3.05, 3.63) is 58.9 Å². The number of benzene rings is 1. The van der Waals surface area contributed by atoms with Crippen LogP contribution in [0.25, 0.3) is 0 Å². The highest BCUT2D eigenvalue weighted by atomic mass is 19.1. The Kier molecular flexibility index (Phi) is 14.5. The first kappa shape index (κ1) is 44.5. The average Bonchev–Trinajstić information content (AvgIpc) is 3.80. The minimum Gasteiger partial charge on any atom is -0.462 e. The molecule has 17 atom stereocenters. The molecule has 1 saturated carbocycles. The number of halogens is 1. The lowest BCUT2D eigenvalue weighted by Gasteiger charge is -2.44. The maximum Gasteiger partial charge on any atom is 0.307 e. The molecule has 59 heavy (non-hydrogen) atoms. The van der Waals surface area contributed by atoms with E-state index in [0.717, 1.165) is 36.8 Å². The van der Waals surface area contributed by atoms with Gasteiger partial charge in [-0.2, -0.15) is 0 Å². The highest BCUT2D eigenvalue weighted by Gasteiger charge is 2.54. The van der Waals surface area contributed by atoms with Crippen LogP contribution < -0.4 is 0 Å². The maximum absolute atomic E-state index is 15.0. The van der Waals surface area contributed by atoms with Gasteiger partial charge >= 0.3 is 5.97 Å². The van der Waals surface area contributed by atoms with E-state index in [0.29, 0.717) is 37.3 Å². The van der Waals surface area contributed by atoms with E-state index in [1.165, 1.54) is 12.1 Å². The largest absolute Gasteiger partial charge is 0.462 e. The summed E-state index contributed by atoms with van der Waals surface area (Å²) >= 11 is 0. The van der Waals surface area contributed by atoms with E-state index in [-0.39, 0.29) is 84.3 Å². The van der Waals surface area contributed by atoms with Crippen molar-refractivity contribution in [3.63, 3.8) is 0 Å². The highest BCUT2D eigenvalue weighted by Crippen LogP contribution is 2.58. The molecule has 0 radical (unpaired) electrons. The normalized spacial score (nSPS) is 41.8. The van der Waals surface area contributed by atoms with Crippen molar-refractivity contribution in [1.82, 2.24) is 4.90 Å². The summed E-state index contributed by atoms with van der Waals surface area (Å²) in [7, 11) is 9.07. The molecule has 3 saturated heterocycles. The van der Waals surface area contributed by atoms with Gasteiger partial charge in [-0.05, 0) is 114 Å². The molecule has 4 fully saturated rings. The standard InChI is InChI=1S/C47H68FNO10/c1-10-30-12-11-13-40(59-42-19-18-39(49(5)6)26(3)55-42)25(2)43(51)38-23-36-34-21-31(58-47-46(54-9)45(53-8)44(52-7)27(4)56-47)20-33(34)32(28-14-16-29(48)17-15-28)22-35(36)37(38)24-41(50)57-30/h14-17,22-23,25-27,30-34,36-37,39-40,42,44-47H,10-13,18-21,24H2,1-9H3/t25-,26?,27?,30+,31-,32?,33+,34-,36+,37+,39+,40+,42+,44+,45?,46+,47+/m1/s1. The van der Waals surface area contributed by atoms with E-state index < -0.39 is 36.6 Å². The van der Waals surface area contributed by atoms with E-state index >= 15 is 0 Å². The Bertz CT molecular complexity index is 1670. The van der Waals surface area contributed by atoms with Crippen molar-refractivity contribution in [3.8, 4) is 0 Å². The van der Waals surface area contributed by atoms with E-state index in [9.17, 15) is 14.0 Å².